The number of methoxy groups -OCH3 is 3. The van der Waals surface area contributed by atoms with Crippen LogP contribution in [0.25, 0.3) is 10.2 Å². The van der Waals surface area contributed by atoms with E-state index in [1.807, 2.05) is 0 Å². The molecule has 6 nitrogen and oxygen atoms in total. The molecule has 0 aliphatic rings. The third-order valence-electron chi connectivity index (χ3n) is 4.02. The van der Waals surface area contributed by atoms with Crippen LogP contribution < -0.4 is 19.5 Å². The van der Waals surface area contributed by atoms with Crippen molar-refractivity contribution in [2.75, 3.05) is 26.6 Å². The molecule has 0 atom stereocenters. The molecule has 28 heavy (non-hydrogen) atoms. The predicted molar refractivity (Wildman–Crippen MR) is 103 cm³/mol. The van der Waals surface area contributed by atoms with Gasteiger partial charge in [-0.3, -0.25) is 4.79 Å². The minimum Gasteiger partial charge on any atom is -0.493 e. The van der Waals surface area contributed by atoms with E-state index in [2.05, 4.69) is 10.3 Å². The summed E-state index contributed by atoms with van der Waals surface area (Å²) in [6.07, 6.45) is 0.571. The SMILES string of the molecule is COc1cc(CCC(=O)Nc2nc3c(F)cc(F)cc3s2)cc(OC)c1OC. The van der Waals surface area contributed by atoms with Gasteiger partial charge >= 0.3 is 0 Å². The zero-order valence-electron chi connectivity index (χ0n) is 15.5. The summed E-state index contributed by atoms with van der Waals surface area (Å²) in [7, 11) is 4.55. The average Bonchev–Trinajstić information content (AvgIpc) is 3.07. The summed E-state index contributed by atoms with van der Waals surface area (Å²) in [6.45, 7) is 0. The lowest BCUT2D eigenvalue weighted by atomic mass is 10.1. The van der Waals surface area contributed by atoms with Gasteiger partial charge in [0.25, 0.3) is 0 Å². The fourth-order valence-electron chi connectivity index (χ4n) is 2.73. The molecule has 0 saturated heterocycles. The Balaban J connectivity index is 1.70. The first-order valence-corrected chi connectivity index (χ1v) is 9.11. The van der Waals surface area contributed by atoms with Crippen LogP contribution in [0.4, 0.5) is 13.9 Å². The number of thiazole rings is 1. The van der Waals surface area contributed by atoms with Crippen molar-refractivity contribution in [1.82, 2.24) is 4.98 Å². The summed E-state index contributed by atoms with van der Waals surface area (Å²) >= 11 is 1.01. The van der Waals surface area contributed by atoms with Gasteiger partial charge in [-0.1, -0.05) is 11.3 Å². The second-order valence-corrected chi connectivity index (χ2v) is 6.87. The van der Waals surface area contributed by atoms with Crippen molar-refractivity contribution in [3.05, 3.63) is 41.5 Å². The van der Waals surface area contributed by atoms with Crippen LogP contribution in [-0.2, 0) is 11.2 Å². The van der Waals surface area contributed by atoms with E-state index in [0.29, 0.717) is 28.4 Å². The third-order valence-corrected chi connectivity index (χ3v) is 4.94. The van der Waals surface area contributed by atoms with Crippen molar-refractivity contribution >= 4 is 32.6 Å². The van der Waals surface area contributed by atoms with Crippen molar-refractivity contribution < 1.29 is 27.8 Å². The van der Waals surface area contributed by atoms with Crippen LogP contribution in [0.2, 0.25) is 0 Å². The summed E-state index contributed by atoms with van der Waals surface area (Å²) < 4.78 is 43.2. The van der Waals surface area contributed by atoms with Gasteiger partial charge in [0.2, 0.25) is 11.7 Å². The van der Waals surface area contributed by atoms with Crippen LogP contribution in [0.3, 0.4) is 0 Å². The van der Waals surface area contributed by atoms with Crippen LogP contribution in [0.15, 0.2) is 24.3 Å². The van der Waals surface area contributed by atoms with E-state index in [4.69, 9.17) is 14.2 Å². The van der Waals surface area contributed by atoms with Crippen LogP contribution in [-0.4, -0.2) is 32.2 Å². The van der Waals surface area contributed by atoms with E-state index in [1.54, 1.807) is 12.1 Å². The second kappa shape index (κ2) is 8.39. The number of amides is 1. The van der Waals surface area contributed by atoms with Crippen LogP contribution in [0, 0.1) is 11.6 Å². The molecule has 0 spiro atoms. The number of rotatable bonds is 7. The van der Waals surface area contributed by atoms with Crippen LogP contribution in [0.1, 0.15) is 12.0 Å². The van der Waals surface area contributed by atoms with E-state index < -0.39 is 11.6 Å². The van der Waals surface area contributed by atoms with Gasteiger partial charge in [0.1, 0.15) is 11.3 Å². The Morgan fingerprint density at radius 3 is 2.36 bits per heavy atom. The lowest BCUT2D eigenvalue weighted by Crippen LogP contribution is -2.12. The molecule has 1 aromatic heterocycles. The summed E-state index contributed by atoms with van der Waals surface area (Å²) in [5, 5.41) is 2.84. The topological polar surface area (TPSA) is 69.7 Å². The number of fused-ring (bicyclic) bond motifs is 1. The number of aryl methyl sites for hydroxylation is 1. The number of nitrogens with one attached hydrogen (secondary N) is 1. The number of carbonyl (C=O) groups excluding carboxylic acids is 1. The Hall–Kier alpha value is -2.94. The highest BCUT2D eigenvalue weighted by atomic mass is 32.1. The molecule has 3 rings (SSSR count). The number of aromatic nitrogens is 1. The van der Waals surface area contributed by atoms with E-state index in [9.17, 15) is 13.6 Å². The smallest absolute Gasteiger partial charge is 0.226 e. The molecule has 148 valence electrons. The Morgan fingerprint density at radius 1 is 1.07 bits per heavy atom. The van der Waals surface area contributed by atoms with Crippen molar-refractivity contribution in [1.29, 1.82) is 0 Å². The highest BCUT2D eigenvalue weighted by molar-refractivity contribution is 7.22. The van der Waals surface area contributed by atoms with Gasteiger partial charge in [-0.05, 0) is 30.2 Å². The fourth-order valence-corrected chi connectivity index (χ4v) is 3.65. The molecule has 0 radical (unpaired) electrons. The minimum atomic E-state index is -0.760. The predicted octanol–water partition coefficient (Wildman–Crippen LogP) is 4.17. The fraction of sp³-hybridized carbons (Fsp3) is 0.263. The molecule has 0 aliphatic carbocycles. The van der Waals surface area contributed by atoms with E-state index in [-0.39, 0.29) is 23.0 Å². The zero-order chi connectivity index (χ0) is 20.3. The molecule has 9 heteroatoms. The number of ether oxygens (including phenoxy) is 3. The van der Waals surface area contributed by atoms with Crippen molar-refractivity contribution in [3.63, 3.8) is 0 Å². The van der Waals surface area contributed by atoms with Gasteiger partial charge in [0, 0.05) is 12.5 Å². The molecular weight excluding hydrogens is 390 g/mol. The summed E-state index contributed by atoms with van der Waals surface area (Å²) in [6, 6.07) is 5.48. The Morgan fingerprint density at radius 2 is 1.75 bits per heavy atom. The van der Waals surface area contributed by atoms with E-state index >= 15 is 0 Å². The van der Waals surface area contributed by atoms with Gasteiger partial charge in [0.15, 0.2) is 22.4 Å². The Kier molecular flexibility index (Phi) is 5.93. The van der Waals surface area contributed by atoms with Gasteiger partial charge in [0.05, 0.1) is 26.0 Å². The maximum absolute atomic E-state index is 13.7. The molecule has 0 bridgehead atoms. The van der Waals surface area contributed by atoms with Crippen molar-refractivity contribution in [2.24, 2.45) is 0 Å². The third kappa shape index (κ3) is 4.14. The lowest BCUT2D eigenvalue weighted by molar-refractivity contribution is -0.116. The summed E-state index contributed by atoms with van der Waals surface area (Å²) in [4.78, 5) is 16.3. The molecule has 1 heterocycles. The van der Waals surface area contributed by atoms with Crippen LogP contribution >= 0.6 is 11.3 Å². The van der Waals surface area contributed by atoms with Gasteiger partial charge in [-0.15, -0.1) is 0 Å². The number of hydrogen-bond acceptors (Lipinski definition) is 6. The number of benzene rings is 2. The number of hydrogen-bond donors (Lipinski definition) is 1. The lowest BCUT2D eigenvalue weighted by Gasteiger charge is -2.14. The number of halogens is 2. The molecule has 0 saturated carbocycles. The highest BCUT2D eigenvalue weighted by Gasteiger charge is 2.15. The van der Waals surface area contributed by atoms with Gasteiger partial charge in [-0.25, -0.2) is 13.8 Å². The number of carbonyl (C=O) groups is 1. The van der Waals surface area contributed by atoms with Crippen molar-refractivity contribution in [2.45, 2.75) is 12.8 Å². The number of nitrogens with zero attached hydrogens (tertiary/aromatic N) is 1. The van der Waals surface area contributed by atoms with Gasteiger partial charge < -0.3 is 19.5 Å². The first-order valence-electron chi connectivity index (χ1n) is 8.29. The zero-order valence-corrected chi connectivity index (χ0v) is 16.3. The maximum Gasteiger partial charge on any atom is 0.226 e. The van der Waals surface area contributed by atoms with E-state index in [0.717, 1.165) is 23.0 Å². The second-order valence-electron chi connectivity index (χ2n) is 5.84. The molecule has 0 unspecified atom stereocenters. The summed E-state index contributed by atoms with van der Waals surface area (Å²) in [5.41, 5.74) is 0.855. The average molecular weight is 408 g/mol. The normalized spacial score (nSPS) is 10.8. The van der Waals surface area contributed by atoms with E-state index in [1.165, 1.54) is 27.4 Å². The molecular formula is C19H18F2N2O4S. The largest absolute Gasteiger partial charge is 0.493 e. The summed E-state index contributed by atoms with van der Waals surface area (Å²) in [5.74, 6) is -0.268. The molecule has 3 aromatic rings. The van der Waals surface area contributed by atoms with Crippen molar-refractivity contribution in [3.8, 4) is 17.2 Å². The minimum absolute atomic E-state index is 0.0336. The maximum atomic E-state index is 13.7. The quantitative estimate of drug-likeness (QED) is 0.635. The molecule has 1 amide bonds. The Labute approximate surface area is 164 Å². The van der Waals surface area contributed by atoms with Crippen LogP contribution in [0.5, 0.6) is 17.2 Å². The number of anilines is 1. The highest BCUT2D eigenvalue weighted by Crippen LogP contribution is 2.38. The molecule has 1 N–H and O–H groups in total. The first-order chi connectivity index (χ1) is 13.4. The Bertz CT molecular complexity index is 998. The molecule has 0 aliphatic heterocycles. The first kappa shape index (κ1) is 19.8. The standard InChI is InChI=1S/C19H18F2N2O4S/c1-25-13-6-10(7-14(26-2)18(13)27-3)4-5-16(24)22-19-23-17-12(21)8-11(20)9-15(17)28-19/h6-9H,4-5H2,1-3H3,(H,22,23,24). The molecule has 2 aromatic carbocycles. The monoisotopic (exact) mass is 408 g/mol. The molecule has 0 fully saturated rings. The van der Waals surface area contributed by atoms with Gasteiger partial charge in [-0.2, -0.15) is 0 Å².